The second kappa shape index (κ2) is 4.87. The molecule has 0 aliphatic rings. The van der Waals surface area contributed by atoms with Gasteiger partial charge in [-0.05, 0) is 12.1 Å². The summed E-state index contributed by atoms with van der Waals surface area (Å²) in [5.41, 5.74) is 0.270. The molecule has 0 heterocycles. The number of halogens is 1. The molecule has 0 saturated heterocycles. The number of phenols is 1. The van der Waals surface area contributed by atoms with Gasteiger partial charge in [-0.15, -0.1) is 0 Å². The number of hydrogen-bond donors (Lipinski definition) is 1. The fraction of sp³-hybridized carbons (Fsp3) is 0.222. The lowest BCUT2D eigenvalue weighted by Crippen LogP contribution is -1.97. The Hall–Kier alpha value is -1.03. The molecule has 1 rings (SSSR count). The van der Waals surface area contributed by atoms with Crippen LogP contribution in [0.1, 0.15) is 10.4 Å². The number of aldehydes is 1. The lowest BCUT2D eigenvalue weighted by atomic mass is 10.2. The van der Waals surface area contributed by atoms with Crippen molar-refractivity contribution in [1.82, 2.24) is 0 Å². The molecule has 0 radical (unpaired) electrons. The molecule has 0 aliphatic carbocycles. The molecule has 1 aromatic rings. The van der Waals surface area contributed by atoms with Crippen LogP contribution in [0.4, 0.5) is 0 Å². The second-order valence-electron chi connectivity index (χ2n) is 2.38. The van der Waals surface area contributed by atoms with E-state index in [1.807, 2.05) is 0 Å². The van der Waals surface area contributed by atoms with E-state index in [1.54, 1.807) is 6.07 Å². The summed E-state index contributed by atoms with van der Waals surface area (Å²) in [6.07, 6.45) is 0.601. The van der Waals surface area contributed by atoms with Gasteiger partial charge in [-0.25, -0.2) is 0 Å². The summed E-state index contributed by atoms with van der Waals surface area (Å²) in [6, 6.07) is 4.59. The van der Waals surface area contributed by atoms with Crippen LogP contribution >= 0.6 is 15.9 Å². The number of phenolic OH excluding ortho intramolecular Hbond substituents is 1. The molecule has 0 saturated carbocycles. The molecule has 4 heteroatoms. The molecule has 0 amide bonds. The van der Waals surface area contributed by atoms with E-state index in [4.69, 9.17) is 4.74 Å². The van der Waals surface area contributed by atoms with Crippen molar-refractivity contribution < 1.29 is 14.6 Å². The first-order valence-electron chi connectivity index (χ1n) is 3.75. The van der Waals surface area contributed by atoms with Gasteiger partial charge in [0, 0.05) is 11.4 Å². The van der Waals surface area contributed by atoms with E-state index >= 15 is 0 Å². The molecule has 0 atom stereocenters. The monoisotopic (exact) mass is 244 g/mol. The minimum absolute atomic E-state index is 0.0536. The van der Waals surface area contributed by atoms with Crippen LogP contribution in [-0.2, 0) is 0 Å². The molecule has 0 fully saturated rings. The number of rotatable bonds is 4. The standard InChI is InChI=1S/C9H9BrO3/c10-3-4-13-8-2-1-7(6-11)9(12)5-8/h1-2,5-6,12H,3-4H2. The maximum absolute atomic E-state index is 10.3. The molecule has 0 aromatic heterocycles. The third-order valence-electron chi connectivity index (χ3n) is 1.47. The van der Waals surface area contributed by atoms with Crippen LogP contribution in [0.2, 0.25) is 0 Å². The summed E-state index contributed by atoms with van der Waals surface area (Å²) in [7, 11) is 0. The van der Waals surface area contributed by atoms with Crippen molar-refractivity contribution in [2.24, 2.45) is 0 Å². The van der Waals surface area contributed by atoms with Crippen LogP contribution < -0.4 is 4.74 Å². The van der Waals surface area contributed by atoms with Crippen LogP contribution in [-0.4, -0.2) is 23.3 Å². The Kier molecular flexibility index (Phi) is 3.76. The van der Waals surface area contributed by atoms with Gasteiger partial charge < -0.3 is 9.84 Å². The maximum Gasteiger partial charge on any atom is 0.153 e. The third kappa shape index (κ3) is 2.73. The predicted molar refractivity (Wildman–Crippen MR) is 52.8 cm³/mol. The fourth-order valence-corrected chi connectivity index (χ4v) is 1.03. The predicted octanol–water partition coefficient (Wildman–Crippen LogP) is 1.98. The van der Waals surface area contributed by atoms with Crippen molar-refractivity contribution in [1.29, 1.82) is 0 Å². The smallest absolute Gasteiger partial charge is 0.153 e. The second-order valence-corrected chi connectivity index (χ2v) is 3.17. The van der Waals surface area contributed by atoms with Crippen LogP contribution in [0.25, 0.3) is 0 Å². The molecular formula is C9H9BrO3. The van der Waals surface area contributed by atoms with Crippen LogP contribution in [0.5, 0.6) is 11.5 Å². The summed E-state index contributed by atoms with van der Waals surface area (Å²) in [6.45, 7) is 0.528. The zero-order chi connectivity index (χ0) is 9.68. The number of carbonyl (C=O) groups is 1. The number of ether oxygens (including phenoxy) is 1. The van der Waals surface area contributed by atoms with Gasteiger partial charge in [-0.2, -0.15) is 0 Å². The average molecular weight is 245 g/mol. The minimum atomic E-state index is -0.0536. The Bertz CT molecular complexity index is 299. The summed E-state index contributed by atoms with van der Waals surface area (Å²) >= 11 is 3.21. The van der Waals surface area contributed by atoms with Gasteiger partial charge >= 0.3 is 0 Å². The first-order valence-corrected chi connectivity index (χ1v) is 4.87. The van der Waals surface area contributed by atoms with E-state index in [9.17, 15) is 9.90 Å². The Labute approximate surface area is 84.5 Å². The number of hydrogen-bond acceptors (Lipinski definition) is 3. The van der Waals surface area contributed by atoms with Crippen LogP contribution in [0.3, 0.4) is 0 Å². The summed E-state index contributed by atoms with van der Waals surface area (Å²) in [5.74, 6) is 0.504. The molecule has 0 aliphatic heterocycles. The van der Waals surface area contributed by atoms with Crippen molar-refractivity contribution in [3.63, 3.8) is 0 Å². The minimum Gasteiger partial charge on any atom is -0.507 e. The van der Waals surface area contributed by atoms with E-state index in [0.29, 0.717) is 18.6 Å². The molecule has 1 aromatic carbocycles. The topological polar surface area (TPSA) is 46.5 Å². The van der Waals surface area contributed by atoms with Crippen molar-refractivity contribution in [3.05, 3.63) is 23.8 Å². The van der Waals surface area contributed by atoms with E-state index in [-0.39, 0.29) is 11.3 Å². The van der Waals surface area contributed by atoms with Crippen molar-refractivity contribution in [2.75, 3.05) is 11.9 Å². The summed E-state index contributed by atoms with van der Waals surface area (Å²) in [5, 5.41) is 9.99. The number of aromatic hydroxyl groups is 1. The summed E-state index contributed by atoms with van der Waals surface area (Å²) in [4.78, 5) is 10.3. The zero-order valence-electron chi connectivity index (χ0n) is 6.87. The van der Waals surface area contributed by atoms with Gasteiger partial charge in [-0.1, -0.05) is 15.9 Å². The third-order valence-corrected chi connectivity index (χ3v) is 1.80. The van der Waals surface area contributed by atoms with Gasteiger partial charge in [0.2, 0.25) is 0 Å². The number of carbonyl (C=O) groups excluding carboxylic acids is 1. The van der Waals surface area contributed by atoms with Crippen LogP contribution in [0, 0.1) is 0 Å². The molecule has 1 N–H and O–H groups in total. The number of benzene rings is 1. The van der Waals surface area contributed by atoms with Crippen molar-refractivity contribution in [3.8, 4) is 11.5 Å². The Morgan fingerprint density at radius 2 is 2.31 bits per heavy atom. The zero-order valence-corrected chi connectivity index (χ0v) is 8.45. The SMILES string of the molecule is O=Cc1ccc(OCCBr)cc1O. The fourth-order valence-electron chi connectivity index (χ4n) is 0.869. The molecular weight excluding hydrogens is 236 g/mol. The Balaban J connectivity index is 2.77. The first kappa shape index (κ1) is 10.1. The average Bonchev–Trinajstić information content (AvgIpc) is 2.15. The molecule has 3 nitrogen and oxygen atoms in total. The lowest BCUT2D eigenvalue weighted by molar-refractivity contribution is 0.112. The quantitative estimate of drug-likeness (QED) is 0.651. The lowest BCUT2D eigenvalue weighted by Gasteiger charge is -2.04. The van der Waals surface area contributed by atoms with E-state index in [1.165, 1.54) is 12.1 Å². The first-order chi connectivity index (χ1) is 6.27. The Morgan fingerprint density at radius 1 is 1.54 bits per heavy atom. The highest BCUT2D eigenvalue weighted by Gasteiger charge is 2.01. The van der Waals surface area contributed by atoms with E-state index < -0.39 is 0 Å². The normalized spacial score (nSPS) is 9.62. The molecule has 13 heavy (non-hydrogen) atoms. The van der Waals surface area contributed by atoms with Crippen molar-refractivity contribution in [2.45, 2.75) is 0 Å². The summed E-state index contributed by atoms with van der Waals surface area (Å²) < 4.78 is 5.21. The maximum atomic E-state index is 10.3. The largest absolute Gasteiger partial charge is 0.507 e. The van der Waals surface area contributed by atoms with Gasteiger partial charge in [-0.3, -0.25) is 4.79 Å². The molecule has 0 bridgehead atoms. The van der Waals surface area contributed by atoms with E-state index in [2.05, 4.69) is 15.9 Å². The highest BCUT2D eigenvalue weighted by Crippen LogP contribution is 2.21. The highest BCUT2D eigenvalue weighted by atomic mass is 79.9. The highest BCUT2D eigenvalue weighted by molar-refractivity contribution is 9.09. The number of alkyl halides is 1. The van der Waals surface area contributed by atoms with Crippen molar-refractivity contribution >= 4 is 22.2 Å². The van der Waals surface area contributed by atoms with Gasteiger partial charge in [0.15, 0.2) is 6.29 Å². The Morgan fingerprint density at radius 3 is 2.85 bits per heavy atom. The molecule has 0 spiro atoms. The van der Waals surface area contributed by atoms with Gasteiger partial charge in [0.05, 0.1) is 12.2 Å². The molecule has 0 unspecified atom stereocenters. The van der Waals surface area contributed by atoms with E-state index in [0.717, 1.165) is 5.33 Å². The van der Waals surface area contributed by atoms with Crippen LogP contribution in [0.15, 0.2) is 18.2 Å². The van der Waals surface area contributed by atoms with Gasteiger partial charge in [0.25, 0.3) is 0 Å². The molecule has 70 valence electrons. The van der Waals surface area contributed by atoms with Gasteiger partial charge in [0.1, 0.15) is 11.5 Å².